The van der Waals surface area contributed by atoms with E-state index in [-0.39, 0.29) is 39.2 Å². The number of carbonyl (C=O) groups excluding carboxylic acids is 2. The molecule has 1 unspecified atom stereocenters. The zero-order valence-electron chi connectivity index (χ0n) is 24.4. The number of nitrogen functional groups attached to an aromatic ring is 2. The van der Waals surface area contributed by atoms with Gasteiger partial charge in [0.15, 0.2) is 10.8 Å². The van der Waals surface area contributed by atoms with Crippen LogP contribution in [0.1, 0.15) is 26.0 Å². The van der Waals surface area contributed by atoms with Gasteiger partial charge in [-0.2, -0.15) is 0 Å². The van der Waals surface area contributed by atoms with Crippen molar-refractivity contribution < 1.29 is 38.8 Å². The van der Waals surface area contributed by atoms with Gasteiger partial charge in [0.2, 0.25) is 6.10 Å². The Hall–Kier alpha value is -4.46. The number of hydrogen-bond donors (Lipinski definition) is 6. The van der Waals surface area contributed by atoms with Gasteiger partial charge in [-0.25, -0.2) is 19.1 Å². The van der Waals surface area contributed by atoms with Crippen LogP contribution >= 0.6 is 34.7 Å². The second-order valence-electron chi connectivity index (χ2n) is 10.6. The van der Waals surface area contributed by atoms with E-state index in [1.54, 1.807) is 16.8 Å². The van der Waals surface area contributed by atoms with Crippen LogP contribution in [0.5, 0.6) is 0 Å². The van der Waals surface area contributed by atoms with Crippen molar-refractivity contribution in [3.8, 4) is 0 Å². The number of carbonyl (C=O) groups is 4. The molecule has 9 N–H and O–H groups in total. The lowest BCUT2D eigenvalue weighted by atomic mass is 10.0. The Labute approximate surface area is 274 Å². The molecule has 0 spiro atoms. The molecule has 0 aliphatic carbocycles. The number of hydrogen-bond acceptors (Lipinski definition) is 13. The molecule has 4 atom stereocenters. The summed E-state index contributed by atoms with van der Waals surface area (Å²) < 4.78 is 3.60. The highest BCUT2D eigenvalue weighted by molar-refractivity contribution is 8.00. The lowest BCUT2D eigenvalue weighted by Crippen LogP contribution is -2.71. The van der Waals surface area contributed by atoms with Crippen molar-refractivity contribution in [1.82, 2.24) is 24.8 Å². The highest BCUT2D eigenvalue weighted by atomic mass is 35.5. The summed E-state index contributed by atoms with van der Waals surface area (Å²) in [6.07, 6.45) is 1.01. The van der Waals surface area contributed by atoms with Crippen molar-refractivity contribution in [1.29, 1.82) is 0 Å². The molecule has 0 saturated carbocycles. The molecule has 17 nitrogen and oxygen atoms in total. The van der Waals surface area contributed by atoms with E-state index in [0.717, 1.165) is 21.8 Å². The zero-order chi connectivity index (χ0) is 33.4. The molecule has 5 rings (SSSR count). The van der Waals surface area contributed by atoms with Gasteiger partial charge in [0.1, 0.15) is 39.2 Å². The number of thiazole rings is 1. The first-order chi connectivity index (χ1) is 21.8. The number of thioether (sulfide) groups is 1. The summed E-state index contributed by atoms with van der Waals surface area (Å²) in [4.78, 5) is 64.9. The fraction of sp³-hybridized carbons (Fsp3) is 0.385. The van der Waals surface area contributed by atoms with E-state index in [0.29, 0.717) is 30.1 Å². The average molecular weight is 694 g/mol. The number of carboxylic acid groups (broad SMARTS) is 2. The largest absolute Gasteiger partial charge is 0.478 e. The third-order valence-electron chi connectivity index (χ3n) is 7.21. The third-order valence-corrected chi connectivity index (χ3v) is 9.63. The number of aliphatic carboxylic acids is 2. The molecule has 244 valence electrons. The van der Waals surface area contributed by atoms with E-state index in [4.69, 9.17) is 38.7 Å². The first-order valence-electron chi connectivity index (χ1n) is 13.8. The van der Waals surface area contributed by atoms with Gasteiger partial charge in [0.05, 0.1) is 6.20 Å². The molecule has 1 fully saturated rings. The van der Waals surface area contributed by atoms with Crippen LogP contribution in [0.25, 0.3) is 11.2 Å². The van der Waals surface area contributed by atoms with Crippen LogP contribution in [-0.2, 0) is 37.1 Å². The minimum absolute atomic E-state index is 0.0115. The number of halogens is 1. The van der Waals surface area contributed by atoms with Crippen molar-refractivity contribution in [3.05, 3.63) is 39.6 Å². The number of aryl methyl sites for hydroxylation is 1. The van der Waals surface area contributed by atoms with Crippen LogP contribution in [-0.4, -0.2) is 88.4 Å². The molecule has 5 heterocycles. The number of amides is 2. The van der Waals surface area contributed by atoms with E-state index in [9.17, 15) is 24.3 Å². The van der Waals surface area contributed by atoms with E-state index in [1.807, 2.05) is 17.6 Å². The number of β-lactam (4-membered cyclic amide) rings is 1. The van der Waals surface area contributed by atoms with Crippen molar-refractivity contribution in [3.63, 3.8) is 0 Å². The second kappa shape index (κ2) is 13.1. The number of nitrogens with one attached hydrogen (secondary N) is 1. The van der Waals surface area contributed by atoms with Crippen molar-refractivity contribution in [2.75, 3.05) is 17.2 Å². The first-order valence-corrected chi connectivity index (χ1v) is 16.0. The summed E-state index contributed by atoms with van der Waals surface area (Å²) in [7, 11) is 0. The van der Waals surface area contributed by atoms with E-state index >= 15 is 0 Å². The summed E-state index contributed by atoms with van der Waals surface area (Å²) in [6, 6.07) is 2.48. The second-order valence-corrected chi connectivity index (χ2v) is 13.3. The number of aromatic nitrogens is 4. The minimum Gasteiger partial charge on any atom is -0.478 e. The Morgan fingerprint density at radius 3 is 2.65 bits per heavy atom. The van der Waals surface area contributed by atoms with E-state index < -0.39 is 47.0 Å². The predicted molar refractivity (Wildman–Crippen MR) is 169 cm³/mol. The third kappa shape index (κ3) is 6.30. The zero-order valence-corrected chi connectivity index (χ0v) is 26.8. The van der Waals surface area contributed by atoms with Crippen molar-refractivity contribution in [2.45, 2.75) is 56.9 Å². The molecular weight excluding hydrogens is 664 g/mol. The fourth-order valence-electron chi connectivity index (χ4n) is 4.90. The Balaban J connectivity index is 1.39. The van der Waals surface area contributed by atoms with Crippen LogP contribution in [0, 0.1) is 0 Å². The maximum Gasteiger partial charge on any atom is 0.352 e. The van der Waals surface area contributed by atoms with E-state index in [2.05, 4.69) is 20.4 Å². The number of fused-ring (bicyclic) bond motifs is 2. The Morgan fingerprint density at radius 1 is 1.28 bits per heavy atom. The molecule has 1 saturated heterocycles. The molecule has 3 aromatic rings. The molecule has 20 heteroatoms. The predicted octanol–water partition coefficient (Wildman–Crippen LogP) is -0.0320. The minimum atomic E-state index is -1.42. The maximum atomic E-state index is 13.4. The molecule has 2 aliphatic heterocycles. The number of carboxylic acids is 2. The van der Waals surface area contributed by atoms with Gasteiger partial charge in [0, 0.05) is 23.9 Å². The Morgan fingerprint density at radius 2 is 2.02 bits per heavy atom. The van der Waals surface area contributed by atoms with Gasteiger partial charge >= 0.3 is 23.5 Å². The van der Waals surface area contributed by atoms with Gasteiger partial charge in [-0.05, 0) is 37.4 Å². The highest BCUT2D eigenvalue weighted by Crippen LogP contribution is 2.40. The average Bonchev–Trinajstić information content (AvgIpc) is 3.51. The SMILES string of the molecule is C[C@H](N)CCn1c(N)nc2c1ccc[n+]2CC1=C(C(=O)O)N2C(=O)[C@@H](NC(=O)C(=NO[C@@H](C)C(=O)O)c3nc(N)sc3Cl)C2SC1. The number of anilines is 2. The van der Waals surface area contributed by atoms with Gasteiger partial charge < -0.3 is 37.6 Å². The van der Waals surface area contributed by atoms with Gasteiger partial charge in [-0.3, -0.25) is 19.1 Å². The number of rotatable bonds is 12. The van der Waals surface area contributed by atoms with Crippen LogP contribution < -0.4 is 27.1 Å². The number of nitrogens with zero attached hydrogens (tertiary/aromatic N) is 6. The number of nitrogens with two attached hydrogens (primary N) is 3. The summed E-state index contributed by atoms with van der Waals surface area (Å²) in [5, 5.41) is 24.8. The molecular formula is C26H30ClN10O7S2+. The summed E-state index contributed by atoms with van der Waals surface area (Å²) in [6.45, 7) is 3.76. The van der Waals surface area contributed by atoms with Gasteiger partial charge in [-0.1, -0.05) is 28.1 Å². The van der Waals surface area contributed by atoms with Gasteiger partial charge in [0.25, 0.3) is 11.8 Å². The number of pyridine rings is 1. The van der Waals surface area contributed by atoms with Gasteiger partial charge in [-0.15, -0.1) is 11.8 Å². The normalized spacial score (nSPS) is 19.4. The highest BCUT2D eigenvalue weighted by Gasteiger charge is 2.54. The molecule has 3 aromatic heterocycles. The van der Waals surface area contributed by atoms with Crippen LogP contribution in [0.3, 0.4) is 0 Å². The standard InChI is InChI=1S/C26H29ClN10O7S2/c1-10(28)5-7-36-13-4-3-6-35(19(13)33-25(36)29)8-12-9-45-22-16(21(39)37(22)17(12)24(42)43)31-20(38)15(34-44-11(2)23(40)41)14-18(27)46-26(30)32-14/h3-4,6,10-11,16,22,29H,5,7-9,28H2,1-2H3,(H5,30,31,32,38,40,41,42,43)/p+1/t10-,11-,16+,22?/m0/s1. The molecule has 2 amide bonds. The summed E-state index contributed by atoms with van der Waals surface area (Å²) >= 11 is 8.28. The summed E-state index contributed by atoms with van der Waals surface area (Å²) in [5.41, 5.74) is 18.7. The molecule has 46 heavy (non-hydrogen) atoms. The fourth-order valence-corrected chi connectivity index (χ4v) is 7.17. The molecule has 2 aliphatic rings. The monoisotopic (exact) mass is 693 g/mol. The first kappa shape index (κ1) is 32.9. The molecule has 0 radical (unpaired) electrons. The Bertz CT molecular complexity index is 1810. The lowest BCUT2D eigenvalue weighted by molar-refractivity contribution is -0.664. The summed E-state index contributed by atoms with van der Waals surface area (Å²) in [5.74, 6) is -3.75. The number of imidazole rings is 1. The van der Waals surface area contributed by atoms with E-state index in [1.165, 1.54) is 18.7 Å². The Kier molecular flexibility index (Phi) is 9.38. The lowest BCUT2D eigenvalue weighted by Gasteiger charge is -2.49. The molecule has 0 aromatic carbocycles. The van der Waals surface area contributed by atoms with Crippen LogP contribution in [0.2, 0.25) is 4.34 Å². The van der Waals surface area contributed by atoms with Crippen LogP contribution in [0.4, 0.5) is 11.1 Å². The maximum absolute atomic E-state index is 13.4. The van der Waals surface area contributed by atoms with Crippen molar-refractivity contribution >= 4 is 86.4 Å². The quantitative estimate of drug-likeness (QED) is 0.0631. The molecule has 0 bridgehead atoms. The smallest absolute Gasteiger partial charge is 0.352 e. The number of oxime groups is 1. The van der Waals surface area contributed by atoms with Crippen molar-refractivity contribution in [2.24, 2.45) is 10.9 Å². The van der Waals surface area contributed by atoms with Crippen LogP contribution in [0.15, 0.2) is 34.8 Å². The topological polar surface area (TPSA) is 258 Å².